The molecule has 1 aromatic carbocycles. The lowest BCUT2D eigenvalue weighted by Gasteiger charge is -2.26. The number of benzene rings is 1. The third-order valence-electron chi connectivity index (χ3n) is 3.80. The predicted molar refractivity (Wildman–Crippen MR) is 89.3 cm³/mol. The summed E-state index contributed by atoms with van der Waals surface area (Å²) in [5.74, 6) is 0.0230. The highest BCUT2D eigenvalue weighted by Crippen LogP contribution is 2.24. The smallest absolute Gasteiger partial charge is 0.264 e. The van der Waals surface area contributed by atoms with E-state index in [9.17, 15) is 9.59 Å². The van der Waals surface area contributed by atoms with Crippen LogP contribution in [-0.4, -0.2) is 29.7 Å². The van der Waals surface area contributed by atoms with Gasteiger partial charge >= 0.3 is 0 Å². The molecular formula is C18H17NO2S. The normalized spacial score (nSPS) is 14.6. The molecule has 112 valence electrons. The molecule has 4 heteroatoms. The Morgan fingerprint density at radius 1 is 1.05 bits per heavy atom. The van der Waals surface area contributed by atoms with Gasteiger partial charge in [-0.3, -0.25) is 9.59 Å². The van der Waals surface area contributed by atoms with Gasteiger partial charge in [0.25, 0.3) is 5.91 Å². The Labute approximate surface area is 133 Å². The van der Waals surface area contributed by atoms with Crippen molar-refractivity contribution in [3.8, 4) is 0 Å². The summed E-state index contributed by atoms with van der Waals surface area (Å²) in [6.45, 7) is 2.86. The number of thiophene rings is 1. The number of nitrogens with zero attached hydrogens (tertiary/aromatic N) is 1. The number of Topliss-reactive ketones (excluding diaryl/α,β-unsaturated/α-hetero) is 1. The lowest BCUT2D eigenvalue weighted by molar-refractivity contribution is 0.0777. The zero-order valence-electron chi connectivity index (χ0n) is 12.4. The van der Waals surface area contributed by atoms with Crippen LogP contribution in [0.25, 0.3) is 5.57 Å². The summed E-state index contributed by atoms with van der Waals surface area (Å²) < 4.78 is 0. The predicted octanol–water partition coefficient (Wildman–Crippen LogP) is 3.88. The van der Waals surface area contributed by atoms with Crippen LogP contribution in [0.15, 0.2) is 48.5 Å². The molecular weight excluding hydrogens is 294 g/mol. The molecule has 1 aliphatic heterocycles. The molecule has 1 aliphatic rings. The highest BCUT2D eigenvalue weighted by Gasteiger charge is 2.21. The topological polar surface area (TPSA) is 37.4 Å². The lowest BCUT2D eigenvalue weighted by atomic mass is 9.99. The first-order valence-corrected chi connectivity index (χ1v) is 8.11. The molecule has 0 unspecified atom stereocenters. The number of amides is 1. The van der Waals surface area contributed by atoms with Gasteiger partial charge in [0, 0.05) is 13.1 Å². The van der Waals surface area contributed by atoms with Crippen molar-refractivity contribution in [1.82, 2.24) is 4.90 Å². The first-order valence-electron chi connectivity index (χ1n) is 7.29. The third-order valence-corrected chi connectivity index (χ3v) is 4.98. The van der Waals surface area contributed by atoms with Crippen molar-refractivity contribution in [3.05, 3.63) is 63.9 Å². The van der Waals surface area contributed by atoms with E-state index in [2.05, 4.69) is 18.2 Å². The van der Waals surface area contributed by atoms with Gasteiger partial charge in [0.2, 0.25) is 0 Å². The van der Waals surface area contributed by atoms with Crippen molar-refractivity contribution < 1.29 is 9.59 Å². The summed E-state index contributed by atoms with van der Waals surface area (Å²) in [6.07, 6.45) is 2.98. The minimum atomic E-state index is 0.00829. The van der Waals surface area contributed by atoms with E-state index in [0.29, 0.717) is 22.8 Å². The summed E-state index contributed by atoms with van der Waals surface area (Å²) in [6, 6.07) is 13.7. The Kier molecular flexibility index (Phi) is 4.20. The fourth-order valence-electron chi connectivity index (χ4n) is 2.57. The van der Waals surface area contributed by atoms with Crippen LogP contribution < -0.4 is 0 Å². The number of carbonyl (C=O) groups is 2. The zero-order chi connectivity index (χ0) is 15.5. The average Bonchev–Trinajstić information content (AvgIpc) is 3.05. The largest absolute Gasteiger partial charge is 0.334 e. The maximum atomic E-state index is 12.5. The number of rotatable bonds is 3. The van der Waals surface area contributed by atoms with Crippen molar-refractivity contribution in [3.63, 3.8) is 0 Å². The molecule has 0 radical (unpaired) electrons. The van der Waals surface area contributed by atoms with E-state index in [1.165, 1.54) is 29.4 Å². The quantitative estimate of drug-likeness (QED) is 0.807. The average molecular weight is 311 g/mol. The monoisotopic (exact) mass is 311 g/mol. The van der Waals surface area contributed by atoms with E-state index in [4.69, 9.17) is 0 Å². The van der Waals surface area contributed by atoms with Gasteiger partial charge < -0.3 is 4.90 Å². The second-order valence-corrected chi connectivity index (χ2v) is 6.40. The van der Waals surface area contributed by atoms with Crippen LogP contribution in [0, 0.1) is 0 Å². The lowest BCUT2D eigenvalue weighted by Crippen LogP contribution is -2.34. The minimum Gasteiger partial charge on any atom is -0.334 e. The molecule has 0 saturated heterocycles. The van der Waals surface area contributed by atoms with Gasteiger partial charge in [0.05, 0.1) is 9.75 Å². The molecule has 2 aromatic rings. The van der Waals surface area contributed by atoms with Crippen LogP contribution in [0.2, 0.25) is 0 Å². The standard InChI is InChI=1S/C18H17NO2S/c1-13(20)16-7-8-17(22-16)18(21)19-11-9-15(10-12-19)14-5-3-2-4-6-14/h2-9H,10-12H2,1H3. The fourth-order valence-corrected chi connectivity index (χ4v) is 3.44. The number of hydrogen-bond acceptors (Lipinski definition) is 3. The molecule has 0 saturated carbocycles. The van der Waals surface area contributed by atoms with Crippen LogP contribution in [0.1, 0.15) is 38.3 Å². The molecule has 2 heterocycles. The van der Waals surface area contributed by atoms with E-state index < -0.39 is 0 Å². The van der Waals surface area contributed by atoms with Gasteiger partial charge in [0.1, 0.15) is 0 Å². The van der Waals surface area contributed by atoms with Crippen molar-refractivity contribution in [2.75, 3.05) is 13.1 Å². The summed E-state index contributed by atoms with van der Waals surface area (Å²) in [5, 5.41) is 0. The van der Waals surface area contributed by atoms with Crippen LogP contribution >= 0.6 is 11.3 Å². The van der Waals surface area contributed by atoms with Crippen LogP contribution in [0.5, 0.6) is 0 Å². The van der Waals surface area contributed by atoms with Gasteiger partial charge in [-0.2, -0.15) is 0 Å². The molecule has 0 aliphatic carbocycles. The van der Waals surface area contributed by atoms with E-state index in [1.807, 2.05) is 23.1 Å². The van der Waals surface area contributed by atoms with Gasteiger partial charge in [-0.15, -0.1) is 11.3 Å². The van der Waals surface area contributed by atoms with E-state index in [-0.39, 0.29) is 11.7 Å². The van der Waals surface area contributed by atoms with Gasteiger partial charge in [-0.1, -0.05) is 36.4 Å². The molecule has 0 N–H and O–H groups in total. The van der Waals surface area contributed by atoms with Crippen molar-refractivity contribution in [2.24, 2.45) is 0 Å². The van der Waals surface area contributed by atoms with Crippen LogP contribution in [0.3, 0.4) is 0 Å². The van der Waals surface area contributed by atoms with Crippen LogP contribution in [-0.2, 0) is 0 Å². The third kappa shape index (κ3) is 3.02. The minimum absolute atomic E-state index is 0.00829. The van der Waals surface area contributed by atoms with Gasteiger partial charge in [-0.25, -0.2) is 0 Å². The number of hydrogen-bond donors (Lipinski definition) is 0. The molecule has 1 amide bonds. The Hall–Kier alpha value is -2.20. The highest BCUT2D eigenvalue weighted by atomic mass is 32.1. The first-order chi connectivity index (χ1) is 10.6. The Morgan fingerprint density at radius 2 is 1.77 bits per heavy atom. The molecule has 3 rings (SSSR count). The van der Waals surface area contributed by atoms with Crippen LogP contribution in [0.4, 0.5) is 0 Å². The summed E-state index contributed by atoms with van der Waals surface area (Å²) in [7, 11) is 0. The first kappa shape index (κ1) is 14.7. The molecule has 0 bridgehead atoms. The summed E-state index contributed by atoms with van der Waals surface area (Å²) in [5.41, 5.74) is 2.52. The molecule has 3 nitrogen and oxygen atoms in total. The SMILES string of the molecule is CC(=O)c1ccc(C(=O)N2CC=C(c3ccccc3)CC2)s1. The summed E-state index contributed by atoms with van der Waals surface area (Å²) in [4.78, 5) is 26.9. The Morgan fingerprint density at radius 3 is 2.36 bits per heavy atom. The van der Waals surface area contributed by atoms with E-state index >= 15 is 0 Å². The number of carbonyl (C=O) groups excluding carboxylic acids is 2. The molecule has 0 atom stereocenters. The molecule has 22 heavy (non-hydrogen) atoms. The Balaban J connectivity index is 1.71. The fraction of sp³-hybridized carbons (Fsp3) is 0.222. The molecule has 1 aromatic heterocycles. The van der Waals surface area contributed by atoms with E-state index in [1.54, 1.807) is 12.1 Å². The maximum Gasteiger partial charge on any atom is 0.264 e. The molecule has 0 spiro atoms. The maximum absolute atomic E-state index is 12.5. The van der Waals surface area contributed by atoms with E-state index in [0.717, 1.165) is 6.42 Å². The van der Waals surface area contributed by atoms with Crippen molar-refractivity contribution in [1.29, 1.82) is 0 Å². The van der Waals surface area contributed by atoms with Gasteiger partial charge in [-0.05, 0) is 36.6 Å². The second-order valence-electron chi connectivity index (χ2n) is 5.32. The highest BCUT2D eigenvalue weighted by molar-refractivity contribution is 7.15. The van der Waals surface area contributed by atoms with Gasteiger partial charge in [0.15, 0.2) is 5.78 Å². The van der Waals surface area contributed by atoms with Crippen molar-refractivity contribution in [2.45, 2.75) is 13.3 Å². The zero-order valence-corrected chi connectivity index (χ0v) is 13.2. The molecule has 0 fully saturated rings. The Bertz CT molecular complexity index is 731. The number of ketones is 1. The van der Waals surface area contributed by atoms with Crippen molar-refractivity contribution >= 4 is 28.6 Å². The summed E-state index contributed by atoms with van der Waals surface area (Å²) >= 11 is 1.28. The second kappa shape index (κ2) is 6.28.